The second kappa shape index (κ2) is 8.80. The second-order valence-corrected chi connectivity index (χ2v) is 11.2. The molecule has 2 amide bonds. The molecule has 0 unspecified atom stereocenters. The van der Waals surface area contributed by atoms with E-state index in [-0.39, 0.29) is 17.9 Å². The van der Waals surface area contributed by atoms with Crippen LogP contribution in [0.25, 0.3) is 10.2 Å². The summed E-state index contributed by atoms with van der Waals surface area (Å²) in [6.45, 7) is 5.14. The molecule has 0 radical (unpaired) electrons. The minimum absolute atomic E-state index is 0.0470. The number of nitrogens with zero attached hydrogens (tertiary/aromatic N) is 2. The lowest BCUT2D eigenvalue weighted by molar-refractivity contribution is -0.133. The number of rotatable bonds is 5. The van der Waals surface area contributed by atoms with Crippen molar-refractivity contribution in [2.75, 3.05) is 6.54 Å². The van der Waals surface area contributed by atoms with E-state index in [0.29, 0.717) is 30.2 Å². The largest absolute Gasteiger partial charge is 0.351 e. The fraction of sp³-hybridized carbons (Fsp3) is 0.462. The Kier molecular flexibility index (Phi) is 6.00. The van der Waals surface area contributed by atoms with Gasteiger partial charge in [-0.1, -0.05) is 30.7 Å². The van der Waals surface area contributed by atoms with Gasteiger partial charge in [-0.25, -0.2) is 0 Å². The zero-order valence-corrected chi connectivity index (χ0v) is 20.7. The molecule has 1 N–H and O–H groups in total. The number of benzene rings is 1. The van der Waals surface area contributed by atoms with E-state index in [2.05, 4.69) is 12.2 Å². The number of hydrogen-bond acceptors (Lipinski definition) is 3. The molecule has 2 aliphatic rings. The Morgan fingerprint density at radius 3 is 2.64 bits per heavy atom. The van der Waals surface area contributed by atoms with Crippen LogP contribution in [0.5, 0.6) is 0 Å². The van der Waals surface area contributed by atoms with Crippen LogP contribution in [0.4, 0.5) is 0 Å². The van der Waals surface area contributed by atoms with Crippen molar-refractivity contribution in [3.63, 3.8) is 0 Å². The van der Waals surface area contributed by atoms with Gasteiger partial charge in [-0.15, -0.1) is 11.3 Å². The Morgan fingerprint density at radius 1 is 1.18 bits per heavy atom. The van der Waals surface area contributed by atoms with Gasteiger partial charge in [-0.2, -0.15) is 0 Å². The fourth-order valence-electron chi connectivity index (χ4n) is 5.26. The summed E-state index contributed by atoms with van der Waals surface area (Å²) in [4.78, 5) is 29.3. The van der Waals surface area contributed by atoms with Crippen molar-refractivity contribution in [3.05, 3.63) is 58.1 Å². The van der Waals surface area contributed by atoms with Crippen LogP contribution >= 0.6 is 22.9 Å². The van der Waals surface area contributed by atoms with Gasteiger partial charge in [0, 0.05) is 17.6 Å². The van der Waals surface area contributed by atoms with Crippen LogP contribution in [0.3, 0.4) is 0 Å². The zero-order chi connectivity index (χ0) is 23.2. The fourth-order valence-corrected chi connectivity index (χ4v) is 6.21. The summed E-state index contributed by atoms with van der Waals surface area (Å²) in [5.41, 5.74) is 1.85. The van der Waals surface area contributed by atoms with Gasteiger partial charge in [0.2, 0.25) is 5.91 Å². The molecule has 1 atom stereocenters. The van der Waals surface area contributed by atoms with Crippen LogP contribution in [-0.2, 0) is 17.8 Å². The van der Waals surface area contributed by atoms with Crippen molar-refractivity contribution in [1.29, 1.82) is 0 Å². The van der Waals surface area contributed by atoms with Crippen LogP contribution in [0.2, 0.25) is 5.02 Å². The molecular weight excluding hydrogens is 454 g/mol. The van der Waals surface area contributed by atoms with Gasteiger partial charge < -0.3 is 14.8 Å². The SMILES string of the molecule is CC1CCC(NC(=O)[C@]2(C)Cn3c(cc4sccc43)C(=O)N2CCc2ccc(Cl)cc2)CC1. The molecule has 2 aromatic heterocycles. The van der Waals surface area contributed by atoms with Gasteiger partial charge in [0.1, 0.15) is 11.2 Å². The molecule has 3 heterocycles. The maximum atomic E-state index is 13.8. The number of nitrogens with one attached hydrogen (secondary N) is 1. The third kappa shape index (κ3) is 4.19. The van der Waals surface area contributed by atoms with E-state index in [1.165, 1.54) is 0 Å². The number of thiophene rings is 1. The quantitative estimate of drug-likeness (QED) is 0.520. The molecule has 5 nitrogen and oxygen atoms in total. The smallest absolute Gasteiger partial charge is 0.271 e. The zero-order valence-electron chi connectivity index (χ0n) is 19.1. The van der Waals surface area contributed by atoms with Gasteiger partial charge in [-0.05, 0) is 80.2 Å². The molecule has 5 rings (SSSR count). The highest BCUT2D eigenvalue weighted by atomic mass is 35.5. The predicted molar refractivity (Wildman–Crippen MR) is 134 cm³/mol. The first kappa shape index (κ1) is 22.5. The van der Waals surface area contributed by atoms with Crippen LogP contribution in [0, 0.1) is 5.92 Å². The molecular formula is C26H30ClN3O2S. The van der Waals surface area contributed by atoms with Crippen molar-refractivity contribution < 1.29 is 9.59 Å². The van der Waals surface area contributed by atoms with Crippen molar-refractivity contribution in [2.24, 2.45) is 5.92 Å². The maximum Gasteiger partial charge on any atom is 0.271 e. The topological polar surface area (TPSA) is 54.3 Å². The van der Waals surface area contributed by atoms with E-state index < -0.39 is 5.54 Å². The average Bonchev–Trinajstić information content (AvgIpc) is 3.39. The molecule has 33 heavy (non-hydrogen) atoms. The average molecular weight is 484 g/mol. The molecule has 1 saturated carbocycles. The standard InChI is InChI=1S/C26H30ClN3O2S/c1-17-3-9-20(10-4-17)28-25(32)26(2)16-29-21-12-14-33-23(21)15-22(29)24(31)30(26)13-11-18-5-7-19(27)8-6-18/h5-8,12,14-15,17,20H,3-4,9-11,13,16H2,1-2H3,(H,28,32)/t17?,20?,26-/m0/s1. The first-order valence-corrected chi connectivity index (χ1v) is 13.0. The normalized spacial score (nSPS) is 25.3. The number of aromatic nitrogens is 1. The Labute approximate surface area is 203 Å². The van der Waals surface area contributed by atoms with Crippen molar-refractivity contribution in [3.8, 4) is 0 Å². The lowest BCUT2D eigenvalue weighted by Gasteiger charge is -2.45. The number of fused-ring (bicyclic) bond motifs is 3. The van der Waals surface area contributed by atoms with E-state index in [9.17, 15) is 9.59 Å². The van der Waals surface area contributed by atoms with Crippen LogP contribution in [0.1, 0.15) is 55.6 Å². The number of amides is 2. The minimum atomic E-state index is -0.951. The first-order valence-electron chi connectivity index (χ1n) is 11.8. The van der Waals surface area contributed by atoms with Gasteiger partial charge in [-0.3, -0.25) is 9.59 Å². The Balaban J connectivity index is 1.44. The molecule has 0 bridgehead atoms. The van der Waals surface area contributed by atoms with E-state index in [1.54, 1.807) is 16.2 Å². The van der Waals surface area contributed by atoms with Crippen LogP contribution < -0.4 is 5.32 Å². The highest BCUT2D eigenvalue weighted by molar-refractivity contribution is 7.17. The lowest BCUT2D eigenvalue weighted by atomic mass is 9.86. The summed E-state index contributed by atoms with van der Waals surface area (Å²) < 4.78 is 3.12. The number of hydrogen-bond donors (Lipinski definition) is 1. The molecule has 0 spiro atoms. The minimum Gasteiger partial charge on any atom is -0.351 e. The summed E-state index contributed by atoms with van der Waals surface area (Å²) in [5, 5.41) is 6.04. The lowest BCUT2D eigenvalue weighted by Crippen LogP contribution is -2.65. The first-order chi connectivity index (χ1) is 15.8. The Bertz CT molecular complexity index is 1180. The molecule has 174 valence electrons. The van der Waals surface area contributed by atoms with Crippen LogP contribution in [-0.4, -0.2) is 39.4 Å². The van der Waals surface area contributed by atoms with Gasteiger partial charge in [0.25, 0.3) is 5.91 Å². The van der Waals surface area contributed by atoms with E-state index in [1.807, 2.05) is 53.3 Å². The highest BCUT2D eigenvalue weighted by Gasteiger charge is 2.48. The van der Waals surface area contributed by atoms with Crippen LogP contribution in [0.15, 0.2) is 41.8 Å². The van der Waals surface area contributed by atoms with Gasteiger partial charge in [0.05, 0.1) is 16.8 Å². The van der Waals surface area contributed by atoms with Gasteiger partial charge >= 0.3 is 0 Å². The number of carbonyl (C=O) groups excluding carboxylic acids is 2. The second-order valence-electron chi connectivity index (χ2n) is 9.82. The molecule has 1 aliphatic heterocycles. The molecule has 1 aromatic carbocycles. The van der Waals surface area contributed by atoms with Crippen molar-refractivity contribution in [2.45, 2.75) is 64.1 Å². The Morgan fingerprint density at radius 2 is 1.91 bits per heavy atom. The molecule has 0 saturated heterocycles. The summed E-state index contributed by atoms with van der Waals surface area (Å²) in [6.07, 6.45) is 4.95. The maximum absolute atomic E-state index is 13.8. The van der Waals surface area contributed by atoms with E-state index in [0.717, 1.165) is 47.4 Å². The summed E-state index contributed by atoms with van der Waals surface area (Å²) in [6, 6.07) is 11.9. The van der Waals surface area contributed by atoms with Gasteiger partial charge in [0.15, 0.2) is 0 Å². The monoisotopic (exact) mass is 483 g/mol. The third-order valence-corrected chi connectivity index (χ3v) is 8.53. The molecule has 1 aliphatic carbocycles. The Hall–Kier alpha value is -2.31. The molecule has 3 aromatic rings. The van der Waals surface area contributed by atoms with Crippen molar-refractivity contribution >= 4 is 45.0 Å². The third-order valence-electron chi connectivity index (χ3n) is 7.43. The van der Waals surface area contributed by atoms with Crippen molar-refractivity contribution in [1.82, 2.24) is 14.8 Å². The summed E-state index contributed by atoms with van der Waals surface area (Å²) in [7, 11) is 0. The van der Waals surface area contributed by atoms with E-state index in [4.69, 9.17) is 11.6 Å². The predicted octanol–water partition coefficient (Wildman–Crippen LogP) is 5.51. The molecule has 7 heteroatoms. The summed E-state index contributed by atoms with van der Waals surface area (Å²) in [5.74, 6) is 0.595. The highest BCUT2D eigenvalue weighted by Crippen LogP contribution is 2.35. The van der Waals surface area contributed by atoms with E-state index >= 15 is 0 Å². The number of carbonyl (C=O) groups is 2. The number of halogens is 1. The summed E-state index contributed by atoms with van der Waals surface area (Å²) >= 11 is 7.67. The molecule has 1 fully saturated rings.